The van der Waals surface area contributed by atoms with Crippen LogP contribution in [0.1, 0.15) is 24.2 Å². The van der Waals surface area contributed by atoms with E-state index in [2.05, 4.69) is 25.2 Å². The van der Waals surface area contributed by atoms with Crippen molar-refractivity contribution in [2.75, 3.05) is 24.1 Å². The Morgan fingerprint density at radius 3 is 2.70 bits per heavy atom. The second-order valence-electron chi connectivity index (χ2n) is 5.88. The maximum Gasteiger partial charge on any atom is 0.232 e. The van der Waals surface area contributed by atoms with Gasteiger partial charge in [0.25, 0.3) is 0 Å². The third-order valence-electron chi connectivity index (χ3n) is 4.01. The number of aryl methyl sites for hydroxylation is 1. The second kappa shape index (κ2) is 6.89. The van der Waals surface area contributed by atoms with Gasteiger partial charge in [-0.3, -0.25) is 4.90 Å². The first-order chi connectivity index (χ1) is 11.1. The Bertz CT molecular complexity index is 669. The summed E-state index contributed by atoms with van der Waals surface area (Å²) in [5.41, 5.74) is 7.88. The number of anilines is 3. The number of nitrogen functional groups attached to an aromatic ring is 1. The number of nitrogens with two attached hydrogens (primary N) is 1. The van der Waals surface area contributed by atoms with Crippen LogP contribution in [0.3, 0.4) is 0 Å². The van der Waals surface area contributed by atoms with E-state index in [4.69, 9.17) is 5.73 Å². The first-order valence-corrected chi connectivity index (χ1v) is 7.83. The average molecular weight is 314 g/mol. The van der Waals surface area contributed by atoms with E-state index >= 15 is 0 Å². The summed E-state index contributed by atoms with van der Waals surface area (Å²) >= 11 is 0. The number of likely N-dealkylation sites (tertiary alicyclic amines) is 1. The maximum atomic E-state index is 9.57. The SMILES string of the molecule is Cc1ccccc1Nc1nc(N)nc(CN2CCC(O)CC2)n1. The number of nitrogens with one attached hydrogen (secondary N) is 1. The van der Waals surface area contributed by atoms with E-state index in [-0.39, 0.29) is 12.1 Å². The lowest BCUT2D eigenvalue weighted by atomic mass is 10.1. The smallest absolute Gasteiger partial charge is 0.232 e. The van der Waals surface area contributed by atoms with Crippen molar-refractivity contribution in [1.29, 1.82) is 0 Å². The van der Waals surface area contributed by atoms with Crippen molar-refractivity contribution in [3.8, 4) is 0 Å². The highest BCUT2D eigenvalue weighted by molar-refractivity contribution is 5.58. The highest BCUT2D eigenvalue weighted by Crippen LogP contribution is 2.18. The predicted octanol–water partition coefficient (Wildman–Crippen LogP) is 1.46. The molecule has 1 saturated heterocycles. The van der Waals surface area contributed by atoms with Crippen LogP contribution in [-0.2, 0) is 6.54 Å². The molecule has 2 aromatic rings. The van der Waals surface area contributed by atoms with Gasteiger partial charge in [0, 0.05) is 18.8 Å². The van der Waals surface area contributed by atoms with Gasteiger partial charge in [-0.25, -0.2) is 0 Å². The summed E-state index contributed by atoms with van der Waals surface area (Å²) in [5.74, 6) is 1.31. The maximum absolute atomic E-state index is 9.57. The molecule has 1 aromatic heterocycles. The van der Waals surface area contributed by atoms with Gasteiger partial charge in [0.15, 0.2) is 0 Å². The van der Waals surface area contributed by atoms with Gasteiger partial charge in [-0.1, -0.05) is 18.2 Å². The topological polar surface area (TPSA) is 100 Å². The van der Waals surface area contributed by atoms with Crippen LogP contribution >= 0.6 is 0 Å². The number of benzene rings is 1. The Morgan fingerprint density at radius 2 is 1.96 bits per heavy atom. The van der Waals surface area contributed by atoms with Crippen molar-refractivity contribution < 1.29 is 5.11 Å². The lowest BCUT2D eigenvalue weighted by Gasteiger charge is -2.28. The number of aliphatic hydroxyl groups is 1. The average Bonchev–Trinajstić information content (AvgIpc) is 2.51. The second-order valence-corrected chi connectivity index (χ2v) is 5.88. The molecule has 7 nitrogen and oxygen atoms in total. The minimum absolute atomic E-state index is 0.187. The summed E-state index contributed by atoms with van der Waals surface area (Å²) < 4.78 is 0. The van der Waals surface area contributed by atoms with Gasteiger partial charge >= 0.3 is 0 Å². The molecule has 0 radical (unpaired) electrons. The highest BCUT2D eigenvalue weighted by atomic mass is 16.3. The molecule has 4 N–H and O–H groups in total. The number of aromatic nitrogens is 3. The summed E-state index contributed by atoms with van der Waals surface area (Å²) in [6.07, 6.45) is 1.39. The quantitative estimate of drug-likeness (QED) is 0.785. The summed E-state index contributed by atoms with van der Waals surface area (Å²) in [4.78, 5) is 15.1. The Morgan fingerprint density at radius 1 is 1.22 bits per heavy atom. The van der Waals surface area contributed by atoms with E-state index in [1.807, 2.05) is 31.2 Å². The van der Waals surface area contributed by atoms with Crippen LogP contribution < -0.4 is 11.1 Å². The minimum Gasteiger partial charge on any atom is -0.393 e. The molecular weight excluding hydrogens is 292 g/mol. The molecule has 122 valence electrons. The lowest BCUT2D eigenvalue weighted by molar-refractivity contribution is 0.0780. The van der Waals surface area contributed by atoms with Gasteiger partial charge in [-0.05, 0) is 31.4 Å². The van der Waals surface area contributed by atoms with Gasteiger partial charge in [0.1, 0.15) is 5.82 Å². The fourth-order valence-electron chi connectivity index (χ4n) is 2.68. The van der Waals surface area contributed by atoms with Crippen molar-refractivity contribution in [1.82, 2.24) is 19.9 Å². The Kier molecular flexibility index (Phi) is 4.68. The number of para-hydroxylation sites is 1. The molecule has 23 heavy (non-hydrogen) atoms. The van der Waals surface area contributed by atoms with Crippen molar-refractivity contribution in [3.63, 3.8) is 0 Å². The molecule has 1 aliphatic rings. The van der Waals surface area contributed by atoms with Gasteiger partial charge in [-0.15, -0.1) is 0 Å². The molecule has 0 atom stereocenters. The minimum atomic E-state index is -0.187. The number of nitrogens with zero attached hydrogens (tertiary/aromatic N) is 4. The monoisotopic (exact) mass is 314 g/mol. The third-order valence-corrected chi connectivity index (χ3v) is 4.01. The highest BCUT2D eigenvalue weighted by Gasteiger charge is 2.18. The Labute approximate surface area is 135 Å². The van der Waals surface area contributed by atoms with Crippen LogP contribution in [0, 0.1) is 6.92 Å². The Balaban J connectivity index is 1.73. The fraction of sp³-hybridized carbons (Fsp3) is 0.438. The van der Waals surface area contributed by atoms with Crippen LogP contribution in [0.25, 0.3) is 0 Å². The lowest BCUT2D eigenvalue weighted by Crippen LogP contribution is -2.35. The Hall–Kier alpha value is -2.25. The summed E-state index contributed by atoms with van der Waals surface area (Å²) in [5, 5.41) is 12.8. The molecule has 0 aliphatic carbocycles. The molecule has 1 aromatic carbocycles. The molecular formula is C16H22N6O. The molecule has 2 heterocycles. The van der Waals surface area contributed by atoms with Gasteiger partial charge in [-0.2, -0.15) is 15.0 Å². The van der Waals surface area contributed by atoms with Gasteiger partial charge in [0.05, 0.1) is 12.6 Å². The van der Waals surface area contributed by atoms with Crippen molar-refractivity contribution in [2.24, 2.45) is 0 Å². The molecule has 7 heteroatoms. The van der Waals surface area contributed by atoms with Crippen LogP contribution in [0.5, 0.6) is 0 Å². The van der Waals surface area contributed by atoms with Gasteiger partial charge < -0.3 is 16.2 Å². The normalized spacial score (nSPS) is 16.4. The number of hydrogen-bond acceptors (Lipinski definition) is 7. The number of hydrogen-bond donors (Lipinski definition) is 3. The first-order valence-electron chi connectivity index (χ1n) is 7.83. The summed E-state index contributed by atoms with van der Waals surface area (Å²) in [6, 6.07) is 7.94. The molecule has 0 spiro atoms. The number of piperidine rings is 1. The molecule has 0 amide bonds. The van der Waals surface area contributed by atoms with Crippen molar-refractivity contribution in [3.05, 3.63) is 35.7 Å². The zero-order chi connectivity index (χ0) is 16.2. The largest absolute Gasteiger partial charge is 0.393 e. The van der Waals surface area contributed by atoms with E-state index in [0.29, 0.717) is 18.3 Å². The molecule has 0 unspecified atom stereocenters. The zero-order valence-electron chi connectivity index (χ0n) is 13.2. The van der Waals surface area contributed by atoms with E-state index in [1.165, 1.54) is 0 Å². The van der Waals surface area contributed by atoms with Crippen molar-refractivity contribution >= 4 is 17.6 Å². The van der Waals surface area contributed by atoms with Crippen LogP contribution in [0.15, 0.2) is 24.3 Å². The first kappa shape index (κ1) is 15.6. The number of aliphatic hydroxyl groups excluding tert-OH is 1. The zero-order valence-corrected chi connectivity index (χ0v) is 13.2. The standard InChI is InChI=1S/C16H22N6O/c1-11-4-2-3-5-13(11)18-16-20-14(19-15(17)21-16)10-22-8-6-12(23)7-9-22/h2-5,12,23H,6-10H2,1H3,(H3,17,18,19,20,21). The summed E-state index contributed by atoms with van der Waals surface area (Å²) in [6.45, 7) is 4.31. The van der Waals surface area contributed by atoms with E-state index in [0.717, 1.165) is 37.2 Å². The molecule has 0 saturated carbocycles. The van der Waals surface area contributed by atoms with E-state index in [1.54, 1.807) is 0 Å². The third kappa shape index (κ3) is 4.14. The van der Waals surface area contributed by atoms with Crippen LogP contribution in [0.4, 0.5) is 17.6 Å². The predicted molar refractivity (Wildman–Crippen MR) is 89.2 cm³/mol. The molecule has 1 aliphatic heterocycles. The molecule has 3 rings (SSSR count). The van der Waals surface area contributed by atoms with Crippen LogP contribution in [0.2, 0.25) is 0 Å². The molecule has 0 bridgehead atoms. The molecule has 1 fully saturated rings. The summed E-state index contributed by atoms with van der Waals surface area (Å²) in [7, 11) is 0. The van der Waals surface area contributed by atoms with Gasteiger partial charge in [0.2, 0.25) is 11.9 Å². The van der Waals surface area contributed by atoms with Crippen LogP contribution in [-0.4, -0.2) is 44.2 Å². The van der Waals surface area contributed by atoms with Crippen molar-refractivity contribution in [2.45, 2.75) is 32.4 Å². The number of rotatable bonds is 4. The van der Waals surface area contributed by atoms with E-state index in [9.17, 15) is 5.11 Å². The fourth-order valence-corrected chi connectivity index (χ4v) is 2.68. The van der Waals surface area contributed by atoms with E-state index < -0.39 is 0 Å².